The maximum atomic E-state index is 12.7. The molecule has 0 spiro atoms. The molecule has 0 aliphatic heterocycles. The Balaban J connectivity index is 1.60. The van der Waals surface area contributed by atoms with Crippen molar-refractivity contribution in [2.45, 2.75) is 36.7 Å². The number of carbonyl (C=O) groups excluding carboxylic acids is 1. The van der Waals surface area contributed by atoms with Crippen molar-refractivity contribution in [3.05, 3.63) is 89.5 Å². The minimum absolute atomic E-state index is 0.120. The Morgan fingerprint density at radius 2 is 1.65 bits per heavy atom. The molecule has 5 nitrogen and oxygen atoms in total. The Labute approximate surface area is 188 Å². The summed E-state index contributed by atoms with van der Waals surface area (Å²) in [6.07, 6.45) is 0. The van der Waals surface area contributed by atoms with Gasteiger partial charge >= 0.3 is 0 Å². The van der Waals surface area contributed by atoms with E-state index in [1.165, 1.54) is 12.1 Å². The molecule has 0 saturated heterocycles. The normalized spacial score (nSPS) is 12.2. The van der Waals surface area contributed by atoms with Gasteiger partial charge in [0.2, 0.25) is 5.91 Å². The average molecular weight is 455 g/mol. The number of amides is 1. The Kier molecular flexibility index (Phi) is 7.41. The number of nitrogens with one attached hydrogen (secondary N) is 2. The molecule has 0 heterocycles. The average Bonchev–Trinajstić information content (AvgIpc) is 2.75. The van der Waals surface area contributed by atoms with Crippen LogP contribution in [-0.4, -0.2) is 19.6 Å². The van der Waals surface area contributed by atoms with Crippen molar-refractivity contribution < 1.29 is 13.2 Å². The fraction of sp³-hybridized carbons (Fsp3) is 0.208. The van der Waals surface area contributed by atoms with Crippen LogP contribution in [0.4, 0.5) is 11.4 Å². The highest BCUT2D eigenvalue weighted by Gasteiger charge is 2.17. The Bertz CT molecular complexity index is 1150. The van der Waals surface area contributed by atoms with Gasteiger partial charge in [0.25, 0.3) is 10.0 Å². The van der Waals surface area contributed by atoms with E-state index < -0.39 is 10.0 Å². The lowest BCUT2D eigenvalue weighted by Gasteiger charge is -2.13. The predicted octanol–water partition coefficient (Wildman–Crippen LogP) is 5.36. The van der Waals surface area contributed by atoms with Crippen molar-refractivity contribution in [3.63, 3.8) is 0 Å². The summed E-state index contributed by atoms with van der Waals surface area (Å²) in [6.45, 7) is 5.68. The van der Waals surface area contributed by atoms with Crippen molar-refractivity contribution in [3.8, 4) is 0 Å². The summed E-state index contributed by atoms with van der Waals surface area (Å²) in [5.74, 6) is 0.626. The highest BCUT2D eigenvalue weighted by Crippen LogP contribution is 2.23. The third-order valence-corrected chi connectivity index (χ3v) is 7.37. The molecule has 3 rings (SSSR count). The first-order valence-corrected chi connectivity index (χ1v) is 12.4. The van der Waals surface area contributed by atoms with Gasteiger partial charge in [-0.3, -0.25) is 9.52 Å². The fourth-order valence-electron chi connectivity index (χ4n) is 2.96. The molecule has 3 aromatic rings. The van der Waals surface area contributed by atoms with Gasteiger partial charge in [-0.25, -0.2) is 8.42 Å². The van der Waals surface area contributed by atoms with E-state index in [-0.39, 0.29) is 16.1 Å². The number of hydrogen-bond acceptors (Lipinski definition) is 4. The van der Waals surface area contributed by atoms with Crippen molar-refractivity contribution in [1.82, 2.24) is 0 Å². The van der Waals surface area contributed by atoms with E-state index in [0.29, 0.717) is 11.4 Å². The first-order valence-electron chi connectivity index (χ1n) is 9.91. The summed E-state index contributed by atoms with van der Waals surface area (Å²) < 4.78 is 28.0. The number of rotatable bonds is 8. The zero-order valence-corrected chi connectivity index (χ0v) is 19.4. The molecule has 31 heavy (non-hydrogen) atoms. The molecule has 0 fully saturated rings. The molecular formula is C24H26N2O3S2. The second-order valence-electron chi connectivity index (χ2n) is 7.38. The van der Waals surface area contributed by atoms with Gasteiger partial charge in [-0.15, -0.1) is 11.8 Å². The summed E-state index contributed by atoms with van der Waals surface area (Å²) in [5, 5.41) is 2.61. The fourth-order valence-corrected chi connectivity index (χ4v) is 4.94. The van der Waals surface area contributed by atoms with Gasteiger partial charge in [-0.1, -0.05) is 48.0 Å². The number of thioether (sulfide) groups is 1. The second kappa shape index (κ2) is 10.0. The van der Waals surface area contributed by atoms with Crippen LogP contribution in [0.3, 0.4) is 0 Å². The molecule has 7 heteroatoms. The molecule has 3 aromatic carbocycles. The van der Waals surface area contributed by atoms with Crippen LogP contribution in [0.5, 0.6) is 0 Å². The lowest BCUT2D eigenvalue weighted by atomic mass is 10.1. The molecule has 0 bridgehead atoms. The van der Waals surface area contributed by atoms with Crippen LogP contribution in [0.1, 0.15) is 23.6 Å². The summed E-state index contributed by atoms with van der Waals surface area (Å²) in [4.78, 5) is 12.6. The number of aryl methyl sites for hydroxylation is 2. The van der Waals surface area contributed by atoms with E-state index in [9.17, 15) is 13.2 Å². The Hall–Kier alpha value is -2.77. The van der Waals surface area contributed by atoms with Crippen molar-refractivity contribution in [2.24, 2.45) is 0 Å². The number of sulfonamides is 1. The first kappa shape index (κ1) is 22.9. The molecule has 0 unspecified atom stereocenters. The van der Waals surface area contributed by atoms with E-state index in [2.05, 4.69) is 10.0 Å². The van der Waals surface area contributed by atoms with Gasteiger partial charge in [0.1, 0.15) is 0 Å². The topological polar surface area (TPSA) is 75.3 Å². The van der Waals surface area contributed by atoms with Crippen LogP contribution >= 0.6 is 11.8 Å². The first-order chi connectivity index (χ1) is 14.7. The SMILES string of the molecule is Cc1ccc(NS(=O)(=O)c2ccc(NC(=O)[C@@H](C)SCc3ccccc3)cc2)c(C)c1. The molecule has 0 radical (unpaired) electrons. The molecule has 0 aliphatic carbocycles. The number of benzene rings is 3. The van der Waals surface area contributed by atoms with Crippen LogP contribution in [0.15, 0.2) is 77.7 Å². The minimum atomic E-state index is -3.72. The maximum Gasteiger partial charge on any atom is 0.261 e. The molecule has 0 saturated carbocycles. The highest BCUT2D eigenvalue weighted by atomic mass is 32.2. The maximum absolute atomic E-state index is 12.7. The largest absolute Gasteiger partial charge is 0.325 e. The van der Waals surface area contributed by atoms with Crippen LogP contribution < -0.4 is 10.0 Å². The zero-order chi connectivity index (χ0) is 22.4. The summed E-state index contributed by atoms with van der Waals surface area (Å²) >= 11 is 1.55. The van der Waals surface area contributed by atoms with Crippen molar-refractivity contribution >= 4 is 39.1 Å². The van der Waals surface area contributed by atoms with E-state index in [4.69, 9.17) is 0 Å². The lowest BCUT2D eigenvalue weighted by molar-refractivity contribution is -0.115. The van der Waals surface area contributed by atoms with Crippen LogP contribution in [0, 0.1) is 13.8 Å². The third kappa shape index (κ3) is 6.35. The molecule has 0 aliphatic rings. The van der Waals surface area contributed by atoms with Gasteiger partial charge in [0.05, 0.1) is 15.8 Å². The van der Waals surface area contributed by atoms with Gasteiger partial charge in [-0.05, 0) is 62.2 Å². The van der Waals surface area contributed by atoms with E-state index in [1.54, 1.807) is 30.0 Å². The van der Waals surface area contributed by atoms with Gasteiger partial charge < -0.3 is 5.32 Å². The molecule has 1 atom stereocenters. The van der Waals surface area contributed by atoms with Gasteiger partial charge in [0, 0.05) is 11.4 Å². The molecular weight excluding hydrogens is 428 g/mol. The smallest absolute Gasteiger partial charge is 0.261 e. The van der Waals surface area contributed by atoms with Crippen LogP contribution in [0.25, 0.3) is 0 Å². The van der Waals surface area contributed by atoms with Gasteiger partial charge in [-0.2, -0.15) is 0 Å². The molecule has 1 amide bonds. The number of carbonyl (C=O) groups is 1. The Morgan fingerprint density at radius 1 is 0.968 bits per heavy atom. The predicted molar refractivity (Wildman–Crippen MR) is 129 cm³/mol. The van der Waals surface area contributed by atoms with Crippen molar-refractivity contribution in [1.29, 1.82) is 0 Å². The summed E-state index contributed by atoms with van der Waals surface area (Å²) in [7, 11) is -3.72. The molecule has 2 N–H and O–H groups in total. The standard InChI is InChI=1S/C24H26N2O3S2/c1-17-9-14-23(18(2)15-17)26-31(28,29)22-12-10-21(11-13-22)25-24(27)19(3)30-16-20-7-5-4-6-8-20/h4-15,19,26H,16H2,1-3H3,(H,25,27)/t19-/m1/s1. The monoisotopic (exact) mass is 454 g/mol. The second-order valence-corrected chi connectivity index (χ2v) is 10.4. The van der Waals surface area contributed by atoms with Gasteiger partial charge in [0.15, 0.2) is 0 Å². The molecule has 162 valence electrons. The van der Waals surface area contributed by atoms with Crippen LogP contribution in [-0.2, 0) is 20.6 Å². The van der Waals surface area contributed by atoms with E-state index >= 15 is 0 Å². The number of anilines is 2. The van der Waals surface area contributed by atoms with E-state index in [1.807, 2.05) is 63.2 Å². The summed E-state index contributed by atoms with van der Waals surface area (Å²) in [5.41, 5.74) is 4.19. The molecule has 0 aromatic heterocycles. The zero-order valence-electron chi connectivity index (χ0n) is 17.8. The number of hydrogen-bond donors (Lipinski definition) is 2. The lowest BCUT2D eigenvalue weighted by Crippen LogP contribution is -2.22. The summed E-state index contributed by atoms with van der Waals surface area (Å²) in [6, 6.07) is 21.7. The van der Waals surface area contributed by atoms with E-state index in [0.717, 1.165) is 22.4 Å². The van der Waals surface area contributed by atoms with Crippen molar-refractivity contribution in [2.75, 3.05) is 10.0 Å². The highest BCUT2D eigenvalue weighted by molar-refractivity contribution is 7.99. The Morgan fingerprint density at radius 3 is 2.29 bits per heavy atom. The van der Waals surface area contributed by atoms with Crippen LogP contribution in [0.2, 0.25) is 0 Å². The quantitative estimate of drug-likeness (QED) is 0.480. The minimum Gasteiger partial charge on any atom is -0.325 e. The third-order valence-electron chi connectivity index (χ3n) is 4.77.